The van der Waals surface area contributed by atoms with E-state index in [4.69, 9.17) is 11.6 Å². The van der Waals surface area contributed by atoms with Crippen molar-refractivity contribution < 1.29 is 4.79 Å². The van der Waals surface area contributed by atoms with Crippen LogP contribution in [0.2, 0.25) is 5.02 Å². The third-order valence-corrected chi connectivity index (χ3v) is 2.43. The van der Waals surface area contributed by atoms with Crippen LogP contribution in [0, 0.1) is 0 Å². The van der Waals surface area contributed by atoms with Crippen LogP contribution in [0.15, 0.2) is 29.4 Å². The molecule has 2 amide bonds. The Bertz CT molecular complexity index is 413. The number of nitrogens with one attached hydrogen (secondary N) is 2. The SMILES string of the molecule is CC1NC(=O)NN=C1c1ccc(Cl)cc1. The van der Waals surface area contributed by atoms with E-state index in [-0.39, 0.29) is 12.1 Å². The second-order valence-corrected chi connectivity index (χ2v) is 3.75. The number of amides is 2. The highest BCUT2D eigenvalue weighted by molar-refractivity contribution is 6.30. The first-order chi connectivity index (χ1) is 7.16. The summed E-state index contributed by atoms with van der Waals surface area (Å²) in [6.45, 7) is 1.88. The van der Waals surface area contributed by atoms with Crippen molar-refractivity contribution >= 4 is 23.3 Å². The van der Waals surface area contributed by atoms with Gasteiger partial charge in [0.05, 0.1) is 11.8 Å². The lowest BCUT2D eigenvalue weighted by Gasteiger charge is -2.21. The van der Waals surface area contributed by atoms with Gasteiger partial charge in [-0.1, -0.05) is 23.7 Å². The highest BCUT2D eigenvalue weighted by Gasteiger charge is 2.19. The summed E-state index contributed by atoms with van der Waals surface area (Å²) < 4.78 is 0. The summed E-state index contributed by atoms with van der Waals surface area (Å²) in [7, 11) is 0. The molecule has 0 bridgehead atoms. The van der Waals surface area contributed by atoms with Gasteiger partial charge in [0.25, 0.3) is 0 Å². The zero-order valence-electron chi connectivity index (χ0n) is 8.12. The minimum atomic E-state index is -0.278. The summed E-state index contributed by atoms with van der Waals surface area (Å²) in [5.41, 5.74) is 4.12. The van der Waals surface area contributed by atoms with Gasteiger partial charge in [0, 0.05) is 5.02 Å². The number of carbonyl (C=O) groups excluding carboxylic acids is 1. The molecule has 15 heavy (non-hydrogen) atoms. The molecule has 5 heteroatoms. The summed E-state index contributed by atoms with van der Waals surface area (Å²) in [6, 6.07) is 6.96. The number of urea groups is 1. The summed E-state index contributed by atoms with van der Waals surface area (Å²) in [5, 5.41) is 7.41. The van der Waals surface area contributed by atoms with E-state index in [1.165, 1.54) is 0 Å². The van der Waals surface area contributed by atoms with Gasteiger partial charge in [-0.05, 0) is 24.6 Å². The molecule has 1 heterocycles. The molecular weight excluding hydrogens is 214 g/mol. The molecule has 0 saturated carbocycles. The largest absolute Gasteiger partial charge is 0.335 e. The predicted molar refractivity (Wildman–Crippen MR) is 59.1 cm³/mol. The maximum atomic E-state index is 11.0. The molecule has 0 saturated heterocycles. The fourth-order valence-electron chi connectivity index (χ4n) is 1.44. The van der Waals surface area contributed by atoms with E-state index in [1.54, 1.807) is 12.1 Å². The third kappa shape index (κ3) is 2.10. The lowest BCUT2D eigenvalue weighted by atomic mass is 10.0. The van der Waals surface area contributed by atoms with E-state index in [1.807, 2.05) is 19.1 Å². The van der Waals surface area contributed by atoms with Crippen molar-refractivity contribution in [1.82, 2.24) is 10.7 Å². The average molecular weight is 224 g/mol. The molecule has 1 aliphatic heterocycles. The Labute approximate surface area is 92.3 Å². The molecule has 1 aromatic carbocycles. The Morgan fingerprint density at radius 1 is 1.33 bits per heavy atom. The monoisotopic (exact) mass is 223 g/mol. The van der Waals surface area contributed by atoms with Crippen molar-refractivity contribution in [1.29, 1.82) is 0 Å². The van der Waals surface area contributed by atoms with Crippen LogP contribution in [0.1, 0.15) is 12.5 Å². The normalized spacial score (nSPS) is 20.3. The highest BCUT2D eigenvalue weighted by atomic mass is 35.5. The Hall–Kier alpha value is -1.55. The van der Waals surface area contributed by atoms with E-state index in [0.717, 1.165) is 11.3 Å². The predicted octanol–water partition coefficient (Wildman–Crippen LogP) is 1.75. The molecule has 1 unspecified atom stereocenters. The first-order valence-electron chi connectivity index (χ1n) is 4.57. The van der Waals surface area contributed by atoms with Crippen LogP contribution in [0.3, 0.4) is 0 Å². The second kappa shape index (κ2) is 3.90. The quantitative estimate of drug-likeness (QED) is 0.749. The van der Waals surface area contributed by atoms with Crippen molar-refractivity contribution in [3.05, 3.63) is 34.9 Å². The van der Waals surface area contributed by atoms with Crippen LogP contribution in [0.25, 0.3) is 0 Å². The Balaban J connectivity index is 2.31. The van der Waals surface area contributed by atoms with Crippen molar-refractivity contribution in [3.63, 3.8) is 0 Å². The minimum Gasteiger partial charge on any atom is -0.328 e. The highest BCUT2D eigenvalue weighted by Crippen LogP contribution is 2.12. The van der Waals surface area contributed by atoms with E-state index in [0.29, 0.717) is 5.02 Å². The van der Waals surface area contributed by atoms with Gasteiger partial charge in [-0.25, -0.2) is 10.2 Å². The van der Waals surface area contributed by atoms with Crippen molar-refractivity contribution in [2.45, 2.75) is 13.0 Å². The molecule has 0 fully saturated rings. The molecule has 2 rings (SSSR count). The van der Waals surface area contributed by atoms with Gasteiger partial charge in [-0.3, -0.25) is 0 Å². The molecule has 4 nitrogen and oxygen atoms in total. The number of hydrogen-bond acceptors (Lipinski definition) is 2. The second-order valence-electron chi connectivity index (χ2n) is 3.31. The van der Waals surface area contributed by atoms with Gasteiger partial charge >= 0.3 is 6.03 Å². The summed E-state index contributed by atoms with van der Waals surface area (Å²) in [6.07, 6.45) is 0. The molecular formula is C10H10ClN3O. The number of nitrogens with zero attached hydrogens (tertiary/aromatic N) is 1. The molecule has 78 valence electrons. The molecule has 0 aromatic heterocycles. The molecule has 1 atom stereocenters. The van der Waals surface area contributed by atoms with Gasteiger partial charge in [-0.2, -0.15) is 5.10 Å². The van der Waals surface area contributed by atoms with Gasteiger partial charge in [0.15, 0.2) is 0 Å². The number of hydrazone groups is 1. The van der Waals surface area contributed by atoms with Crippen LogP contribution >= 0.6 is 11.6 Å². The van der Waals surface area contributed by atoms with E-state index in [9.17, 15) is 4.79 Å². The van der Waals surface area contributed by atoms with Crippen LogP contribution in [-0.2, 0) is 0 Å². The lowest BCUT2D eigenvalue weighted by molar-refractivity contribution is 0.239. The topological polar surface area (TPSA) is 53.5 Å². The average Bonchev–Trinajstić information content (AvgIpc) is 2.20. The standard InChI is InChI=1S/C10H10ClN3O/c1-6-9(13-14-10(15)12-6)7-2-4-8(11)5-3-7/h2-6H,1H3,(H2,12,14,15). The van der Waals surface area contributed by atoms with Crippen LogP contribution in [0.4, 0.5) is 4.79 Å². The zero-order valence-corrected chi connectivity index (χ0v) is 8.88. The van der Waals surface area contributed by atoms with Crippen LogP contribution in [-0.4, -0.2) is 17.8 Å². The number of hydrogen-bond donors (Lipinski definition) is 2. The maximum absolute atomic E-state index is 11.0. The van der Waals surface area contributed by atoms with E-state index < -0.39 is 0 Å². The van der Waals surface area contributed by atoms with Crippen LogP contribution in [0.5, 0.6) is 0 Å². The summed E-state index contributed by atoms with van der Waals surface area (Å²) in [4.78, 5) is 11.0. The van der Waals surface area contributed by atoms with Crippen molar-refractivity contribution in [3.8, 4) is 0 Å². The number of halogens is 1. The Morgan fingerprint density at radius 3 is 2.60 bits per heavy atom. The fraction of sp³-hybridized carbons (Fsp3) is 0.200. The number of benzene rings is 1. The number of carbonyl (C=O) groups is 1. The smallest absolute Gasteiger partial charge is 0.328 e. The molecule has 1 aliphatic rings. The number of rotatable bonds is 1. The lowest BCUT2D eigenvalue weighted by Crippen LogP contribution is -2.48. The van der Waals surface area contributed by atoms with Gasteiger partial charge in [0.1, 0.15) is 0 Å². The molecule has 1 aromatic rings. The molecule has 0 spiro atoms. The Kier molecular flexibility index (Phi) is 2.60. The van der Waals surface area contributed by atoms with Gasteiger partial charge in [0.2, 0.25) is 0 Å². The minimum absolute atomic E-state index is 0.0973. The summed E-state index contributed by atoms with van der Waals surface area (Å²) >= 11 is 5.78. The van der Waals surface area contributed by atoms with Gasteiger partial charge < -0.3 is 5.32 Å². The van der Waals surface area contributed by atoms with E-state index in [2.05, 4.69) is 15.8 Å². The Morgan fingerprint density at radius 2 is 2.00 bits per heavy atom. The van der Waals surface area contributed by atoms with Crippen molar-refractivity contribution in [2.75, 3.05) is 0 Å². The van der Waals surface area contributed by atoms with Crippen LogP contribution < -0.4 is 10.7 Å². The van der Waals surface area contributed by atoms with Crippen molar-refractivity contribution in [2.24, 2.45) is 5.10 Å². The third-order valence-electron chi connectivity index (χ3n) is 2.18. The van der Waals surface area contributed by atoms with Gasteiger partial charge in [-0.15, -0.1) is 0 Å². The molecule has 0 radical (unpaired) electrons. The molecule has 2 N–H and O–H groups in total. The fourth-order valence-corrected chi connectivity index (χ4v) is 1.57. The van der Waals surface area contributed by atoms with E-state index >= 15 is 0 Å². The zero-order chi connectivity index (χ0) is 10.8. The first-order valence-corrected chi connectivity index (χ1v) is 4.94. The first kappa shape index (κ1) is 9.98. The summed E-state index contributed by atoms with van der Waals surface area (Å²) in [5.74, 6) is 0. The maximum Gasteiger partial charge on any atom is 0.335 e. The molecule has 0 aliphatic carbocycles.